The lowest BCUT2D eigenvalue weighted by molar-refractivity contribution is 0.441. The van der Waals surface area contributed by atoms with Gasteiger partial charge in [0.05, 0.1) is 0 Å². The topological polar surface area (TPSA) is 0 Å². The molecule has 0 amide bonds. The van der Waals surface area contributed by atoms with Crippen LogP contribution in [0.1, 0.15) is 32.6 Å². The molecule has 15 heavy (non-hydrogen) atoms. The predicted molar refractivity (Wildman–Crippen MR) is 66.6 cm³/mol. The maximum atomic E-state index is 3.69. The molecule has 2 unspecified atom stereocenters. The van der Waals surface area contributed by atoms with E-state index >= 15 is 0 Å². The summed E-state index contributed by atoms with van der Waals surface area (Å²) in [7, 11) is 0. The van der Waals surface area contributed by atoms with E-state index < -0.39 is 0 Å². The van der Waals surface area contributed by atoms with E-state index in [4.69, 9.17) is 0 Å². The third-order valence-corrected chi connectivity index (χ3v) is 3.81. The second kappa shape index (κ2) is 4.22. The molecule has 2 atom stereocenters. The van der Waals surface area contributed by atoms with E-state index in [0.717, 1.165) is 5.92 Å². The molecule has 80 valence electrons. The molecule has 2 rings (SSSR count). The largest absolute Gasteiger partial charge is 0.0991 e. The Bertz CT molecular complexity index is 330. The predicted octanol–water partition coefficient (Wildman–Crippen LogP) is 4.42. The fraction of sp³-hybridized carbons (Fsp3) is 0.467. The molecular weight excluding hydrogens is 180 g/mol. The summed E-state index contributed by atoms with van der Waals surface area (Å²) in [6.45, 7) is 5.88. The molecule has 0 heterocycles. The van der Waals surface area contributed by atoms with Crippen molar-refractivity contribution in [2.45, 2.75) is 32.6 Å². The summed E-state index contributed by atoms with van der Waals surface area (Å²) in [5, 5.41) is 0. The Morgan fingerprint density at radius 1 is 1.60 bits per heavy atom. The smallest absolute Gasteiger partial charge is 0.00996 e. The van der Waals surface area contributed by atoms with Crippen LogP contribution in [-0.4, -0.2) is 0 Å². The summed E-state index contributed by atoms with van der Waals surface area (Å²) in [6.07, 6.45) is 18.4. The van der Waals surface area contributed by atoms with Gasteiger partial charge in [-0.25, -0.2) is 0 Å². The van der Waals surface area contributed by atoms with Gasteiger partial charge in [0.15, 0.2) is 0 Å². The molecule has 0 aromatic rings. The Hall–Kier alpha value is -1.04. The molecule has 2 aliphatic rings. The van der Waals surface area contributed by atoms with Crippen LogP contribution < -0.4 is 0 Å². The third kappa shape index (κ3) is 1.86. The first kappa shape index (κ1) is 10.5. The van der Waals surface area contributed by atoms with E-state index in [1.165, 1.54) is 25.7 Å². The first-order valence-corrected chi connectivity index (χ1v) is 5.93. The third-order valence-electron chi connectivity index (χ3n) is 3.81. The monoisotopic (exact) mass is 200 g/mol. The van der Waals surface area contributed by atoms with Gasteiger partial charge in [0.1, 0.15) is 0 Å². The van der Waals surface area contributed by atoms with Crippen LogP contribution in [0.2, 0.25) is 0 Å². The molecule has 0 N–H and O–H groups in total. The summed E-state index contributed by atoms with van der Waals surface area (Å²) >= 11 is 0. The number of fused-ring (bicyclic) bond motifs is 2. The molecule has 1 fully saturated rings. The molecular formula is C15H20. The Labute approximate surface area is 93.1 Å². The van der Waals surface area contributed by atoms with Crippen molar-refractivity contribution in [3.05, 3.63) is 48.6 Å². The summed E-state index contributed by atoms with van der Waals surface area (Å²) in [4.78, 5) is 0. The zero-order valence-corrected chi connectivity index (χ0v) is 9.58. The lowest BCUT2D eigenvalue weighted by Gasteiger charge is -2.26. The second-order valence-corrected chi connectivity index (χ2v) is 4.70. The van der Waals surface area contributed by atoms with Crippen molar-refractivity contribution in [1.82, 2.24) is 0 Å². The van der Waals surface area contributed by atoms with Crippen LogP contribution in [-0.2, 0) is 0 Å². The van der Waals surface area contributed by atoms with Crippen molar-refractivity contribution in [3.8, 4) is 0 Å². The van der Waals surface area contributed by atoms with Crippen molar-refractivity contribution < 1.29 is 0 Å². The van der Waals surface area contributed by atoms with Crippen LogP contribution in [0.25, 0.3) is 0 Å². The summed E-state index contributed by atoms with van der Waals surface area (Å²) < 4.78 is 0. The van der Waals surface area contributed by atoms with E-state index in [1.54, 1.807) is 5.57 Å². The quantitative estimate of drug-likeness (QED) is 0.465. The number of hydrogen-bond acceptors (Lipinski definition) is 0. The van der Waals surface area contributed by atoms with E-state index in [2.05, 4.69) is 43.9 Å². The van der Waals surface area contributed by atoms with Gasteiger partial charge < -0.3 is 0 Å². The molecule has 2 aliphatic carbocycles. The minimum absolute atomic E-state index is 0.422. The Morgan fingerprint density at radius 3 is 3.13 bits per heavy atom. The van der Waals surface area contributed by atoms with E-state index in [-0.39, 0.29) is 0 Å². The number of allylic oxidation sites excluding steroid dienone is 7. The van der Waals surface area contributed by atoms with Gasteiger partial charge in [-0.15, -0.1) is 0 Å². The summed E-state index contributed by atoms with van der Waals surface area (Å²) in [5.74, 6) is 0.833. The van der Waals surface area contributed by atoms with E-state index in [9.17, 15) is 0 Å². The van der Waals surface area contributed by atoms with E-state index in [1.807, 2.05) is 6.08 Å². The average molecular weight is 200 g/mol. The van der Waals surface area contributed by atoms with Crippen LogP contribution in [0.3, 0.4) is 0 Å². The minimum Gasteiger partial charge on any atom is -0.0991 e. The molecule has 0 heteroatoms. The highest BCUT2D eigenvalue weighted by Crippen LogP contribution is 2.55. The fourth-order valence-corrected chi connectivity index (χ4v) is 3.07. The normalized spacial score (nSPS) is 35.8. The zero-order valence-electron chi connectivity index (χ0n) is 9.58. The van der Waals surface area contributed by atoms with Crippen molar-refractivity contribution >= 4 is 0 Å². The van der Waals surface area contributed by atoms with Crippen molar-refractivity contribution in [1.29, 1.82) is 0 Å². The maximum Gasteiger partial charge on any atom is 0.00996 e. The molecule has 2 bridgehead atoms. The van der Waals surface area contributed by atoms with Crippen LogP contribution in [0, 0.1) is 11.3 Å². The van der Waals surface area contributed by atoms with Crippen LogP contribution >= 0.6 is 0 Å². The lowest BCUT2D eigenvalue weighted by atomic mass is 9.79. The minimum atomic E-state index is 0.422. The van der Waals surface area contributed by atoms with Crippen molar-refractivity contribution in [2.75, 3.05) is 0 Å². The van der Waals surface area contributed by atoms with Crippen molar-refractivity contribution in [2.24, 2.45) is 11.3 Å². The molecule has 1 saturated carbocycles. The van der Waals surface area contributed by atoms with Gasteiger partial charge in [-0.1, -0.05) is 48.6 Å². The summed E-state index contributed by atoms with van der Waals surface area (Å²) in [6, 6.07) is 0. The Balaban J connectivity index is 2.03. The Kier molecular flexibility index (Phi) is 2.95. The fourth-order valence-electron chi connectivity index (χ4n) is 3.07. The van der Waals surface area contributed by atoms with Gasteiger partial charge in [0.2, 0.25) is 0 Å². The summed E-state index contributed by atoms with van der Waals surface area (Å²) in [5.41, 5.74) is 2.09. The van der Waals surface area contributed by atoms with Gasteiger partial charge in [-0.05, 0) is 38.5 Å². The number of hydrogen-bond donors (Lipinski definition) is 0. The van der Waals surface area contributed by atoms with Gasteiger partial charge in [-0.3, -0.25) is 0 Å². The molecule has 0 aromatic heterocycles. The highest BCUT2D eigenvalue weighted by Gasteiger charge is 2.43. The molecule has 0 radical (unpaired) electrons. The second-order valence-electron chi connectivity index (χ2n) is 4.70. The van der Waals surface area contributed by atoms with Gasteiger partial charge in [-0.2, -0.15) is 0 Å². The standard InChI is InChI=1S/C15H20/c1-3-5-6-7-9-15-10-8-13(12-15)11-14(15)4-2/h3-6,8,10,13H,1,7,9,11-12H2,2H3. The van der Waals surface area contributed by atoms with E-state index in [0.29, 0.717) is 5.41 Å². The van der Waals surface area contributed by atoms with Crippen LogP contribution in [0.5, 0.6) is 0 Å². The maximum absolute atomic E-state index is 3.69. The van der Waals surface area contributed by atoms with Gasteiger partial charge in [0.25, 0.3) is 0 Å². The van der Waals surface area contributed by atoms with Gasteiger partial charge in [0, 0.05) is 5.41 Å². The molecule has 0 nitrogen and oxygen atoms in total. The Morgan fingerprint density at radius 2 is 2.47 bits per heavy atom. The molecule has 0 aromatic carbocycles. The first-order valence-electron chi connectivity index (χ1n) is 5.93. The van der Waals surface area contributed by atoms with Crippen LogP contribution in [0.4, 0.5) is 0 Å². The molecule has 0 aliphatic heterocycles. The van der Waals surface area contributed by atoms with Gasteiger partial charge >= 0.3 is 0 Å². The molecule has 0 saturated heterocycles. The highest BCUT2D eigenvalue weighted by molar-refractivity contribution is 5.34. The first-order chi connectivity index (χ1) is 7.30. The SMILES string of the molecule is C=CC=CCCC12C=CC(CC1=CC)C2. The average Bonchev–Trinajstić information content (AvgIpc) is 2.81. The number of rotatable bonds is 4. The molecule has 0 spiro atoms. The lowest BCUT2D eigenvalue weighted by Crippen LogP contribution is -2.13. The van der Waals surface area contributed by atoms with Crippen molar-refractivity contribution in [3.63, 3.8) is 0 Å². The zero-order chi connectivity index (χ0) is 10.7. The van der Waals surface area contributed by atoms with Crippen LogP contribution in [0.15, 0.2) is 48.6 Å². The highest BCUT2D eigenvalue weighted by atomic mass is 14.5.